The van der Waals surface area contributed by atoms with E-state index < -0.39 is 6.16 Å². The first-order chi connectivity index (χ1) is 18.0. The average Bonchev–Trinajstić information content (AvgIpc) is 3.28. The third-order valence-corrected chi connectivity index (χ3v) is 7.68. The molecule has 1 N–H and O–H groups in total. The molecule has 8 nitrogen and oxygen atoms in total. The van der Waals surface area contributed by atoms with Gasteiger partial charge in [-0.25, -0.2) is 4.79 Å². The van der Waals surface area contributed by atoms with Crippen LogP contribution in [-0.2, 0) is 33.5 Å². The van der Waals surface area contributed by atoms with Crippen molar-refractivity contribution in [1.29, 1.82) is 5.26 Å². The second-order valence-corrected chi connectivity index (χ2v) is 9.98. The molecule has 0 spiro atoms. The first kappa shape index (κ1) is 30.2. The summed E-state index contributed by atoms with van der Waals surface area (Å²) in [7, 11) is 3.26. The molecule has 0 fully saturated rings. The van der Waals surface area contributed by atoms with Crippen molar-refractivity contribution >= 4 is 45.2 Å². The SMILES string of the molecule is CC.CN=C(COC(=O)OCC1CCc2c(sc(NC(=O)CCc3cccc(OC)c3)c2C#N)C1)SC. The van der Waals surface area contributed by atoms with Gasteiger partial charge in [-0.15, -0.1) is 23.1 Å². The first-order valence-electron chi connectivity index (χ1n) is 12.2. The summed E-state index contributed by atoms with van der Waals surface area (Å²) in [6.45, 7) is 4.35. The molecule has 1 aromatic carbocycles. The highest BCUT2D eigenvalue weighted by molar-refractivity contribution is 8.13. The van der Waals surface area contributed by atoms with E-state index in [0.29, 0.717) is 41.3 Å². The summed E-state index contributed by atoms with van der Waals surface area (Å²) in [6, 6.07) is 9.89. The smallest absolute Gasteiger partial charge is 0.497 e. The fourth-order valence-electron chi connectivity index (χ4n) is 3.84. The van der Waals surface area contributed by atoms with Crippen molar-refractivity contribution in [3.8, 4) is 11.8 Å². The van der Waals surface area contributed by atoms with Crippen molar-refractivity contribution in [1.82, 2.24) is 0 Å². The number of benzene rings is 1. The van der Waals surface area contributed by atoms with E-state index >= 15 is 0 Å². The highest BCUT2D eigenvalue weighted by Crippen LogP contribution is 2.39. The number of aliphatic imine (C=N–C) groups is 1. The zero-order chi connectivity index (χ0) is 27.2. The highest BCUT2D eigenvalue weighted by Gasteiger charge is 2.27. The summed E-state index contributed by atoms with van der Waals surface area (Å²) in [4.78, 5) is 29.5. The number of amides is 1. The normalized spacial score (nSPS) is 14.4. The third-order valence-electron chi connectivity index (χ3n) is 5.74. The predicted octanol–water partition coefficient (Wildman–Crippen LogP) is 5.88. The van der Waals surface area contributed by atoms with E-state index in [1.54, 1.807) is 14.2 Å². The molecule has 1 aliphatic carbocycles. The number of nitrogens with one attached hydrogen (secondary N) is 1. The van der Waals surface area contributed by atoms with Gasteiger partial charge in [0.25, 0.3) is 0 Å². The van der Waals surface area contributed by atoms with Gasteiger partial charge >= 0.3 is 6.16 Å². The van der Waals surface area contributed by atoms with Crippen LogP contribution in [0.5, 0.6) is 5.75 Å². The van der Waals surface area contributed by atoms with Crippen LogP contribution in [0.25, 0.3) is 0 Å². The van der Waals surface area contributed by atoms with Crippen LogP contribution in [-0.4, -0.2) is 50.7 Å². The zero-order valence-electron chi connectivity index (χ0n) is 22.1. The Kier molecular flexibility index (Phi) is 13.0. The molecule has 37 heavy (non-hydrogen) atoms. The van der Waals surface area contributed by atoms with Crippen molar-refractivity contribution < 1.29 is 23.8 Å². The standard InChI is InChI=1S/C25H29N3O5S2.C2H6/c1-27-23(34-3)15-33-25(30)32-14-17-7-9-19-20(13-26)24(35-21(19)12-17)28-22(29)10-8-16-5-4-6-18(11-16)31-2;1-2/h4-6,11,17H,7-10,12,14-15H2,1-3H3,(H,28,29);1-2H3. The van der Waals surface area contributed by atoms with E-state index in [0.717, 1.165) is 28.2 Å². The molecule has 1 aromatic heterocycles. The van der Waals surface area contributed by atoms with Gasteiger partial charge in [0.2, 0.25) is 5.91 Å². The third kappa shape index (κ3) is 9.09. The van der Waals surface area contributed by atoms with Crippen molar-refractivity contribution in [3.05, 3.63) is 45.8 Å². The van der Waals surface area contributed by atoms with E-state index in [1.807, 2.05) is 44.4 Å². The first-order valence-corrected chi connectivity index (χ1v) is 14.3. The van der Waals surface area contributed by atoms with E-state index in [4.69, 9.17) is 14.2 Å². The summed E-state index contributed by atoms with van der Waals surface area (Å²) in [5.74, 6) is 0.759. The number of nitriles is 1. The number of ether oxygens (including phenoxy) is 3. The Hall–Kier alpha value is -3.03. The summed E-state index contributed by atoms with van der Waals surface area (Å²) >= 11 is 2.86. The molecule has 1 amide bonds. The highest BCUT2D eigenvalue weighted by atomic mass is 32.2. The lowest BCUT2D eigenvalue weighted by atomic mass is 9.88. The van der Waals surface area contributed by atoms with Gasteiger partial charge in [0.05, 0.1) is 19.3 Å². The largest absolute Gasteiger partial charge is 0.508 e. The molecular formula is C27H35N3O5S2. The van der Waals surface area contributed by atoms with Crippen LogP contribution in [0.4, 0.5) is 9.80 Å². The molecule has 1 aliphatic rings. The Labute approximate surface area is 227 Å². The number of hydrogen-bond donors (Lipinski definition) is 1. The lowest BCUT2D eigenvalue weighted by molar-refractivity contribution is -0.116. The van der Waals surface area contributed by atoms with Gasteiger partial charge in [0.15, 0.2) is 0 Å². The number of carbonyl (C=O) groups is 2. The molecule has 1 heterocycles. The van der Waals surface area contributed by atoms with Crippen LogP contribution < -0.4 is 10.1 Å². The van der Waals surface area contributed by atoms with Crippen LogP contribution in [0.1, 0.15) is 48.3 Å². The molecule has 1 atom stereocenters. The predicted molar refractivity (Wildman–Crippen MR) is 150 cm³/mol. The number of hydrogen-bond acceptors (Lipinski definition) is 9. The molecule has 2 aromatic rings. The maximum atomic E-state index is 12.6. The number of anilines is 1. The number of thioether (sulfide) groups is 1. The lowest BCUT2D eigenvalue weighted by Crippen LogP contribution is -2.21. The van der Waals surface area contributed by atoms with E-state index in [2.05, 4.69) is 16.4 Å². The topological polar surface area (TPSA) is 110 Å². The Bertz CT molecular complexity index is 1120. The number of rotatable bonds is 9. The minimum absolute atomic E-state index is 0.0998. The van der Waals surface area contributed by atoms with Crippen molar-refractivity contribution in [2.75, 3.05) is 38.9 Å². The number of methoxy groups -OCH3 is 1. The molecule has 0 radical (unpaired) electrons. The van der Waals surface area contributed by atoms with Crippen LogP contribution >= 0.6 is 23.1 Å². The minimum Gasteiger partial charge on any atom is -0.497 e. The Morgan fingerprint density at radius 1 is 1.30 bits per heavy atom. The van der Waals surface area contributed by atoms with Crippen molar-refractivity contribution in [2.24, 2.45) is 10.9 Å². The van der Waals surface area contributed by atoms with Crippen LogP contribution in [0, 0.1) is 17.2 Å². The molecule has 10 heteroatoms. The van der Waals surface area contributed by atoms with Gasteiger partial charge in [-0.3, -0.25) is 9.79 Å². The number of nitrogens with zero attached hydrogens (tertiary/aromatic N) is 2. The molecule has 0 bridgehead atoms. The maximum absolute atomic E-state index is 12.6. The second kappa shape index (κ2) is 15.9. The quantitative estimate of drug-likeness (QED) is 0.238. The summed E-state index contributed by atoms with van der Waals surface area (Å²) in [5.41, 5.74) is 2.55. The molecule has 3 rings (SSSR count). The van der Waals surface area contributed by atoms with Crippen LogP contribution in [0.3, 0.4) is 0 Å². The minimum atomic E-state index is -0.709. The van der Waals surface area contributed by atoms with Gasteiger partial charge in [-0.05, 0) is 61.1 Å². The summed E-state index contributed by atoms with van der Waals surface area (Å²) < 4.78 is 15.6. The molecule has 0 saturated heterocycles. The molecule has 200 valence electrons. The van der Waals surface area contributed by atoms with Crippen molar-refractivity contribution in [2.45, 2.75) is 46.0 Å². The molecule has 0 saturated carbocycles. The van der Waals surface area contributed by atoms with Gasteiger partial charge in [-0.2, -0.15) is 5.26 Å². The number of aryl methyl sites for hydroxylation is 1. The average molecular weight is 546 g/mol. The zero-order valence-corrected chi connectivity index (χ0v) is 23.7. The van der Waals surface area contributed by atoms with Gasteiger partial charge in [0.1, 0.15) is 28.5 Å². The number of carbonyl (C=O) groups excluding carboxylic acids is 2. The summed E-state index contributed by atoms with van der Waals surface area (Å²) in [6.07, 6.45) is 4.23. The fraction of sp³-hybridized carbons (Fsp3) is 0.481. The van der Waals surface area contributed by atoms with E-state index in [9.17, 15) is 14.9 Å². The molecule has 0 aliphatic heterocycles. The maximum Gasteiger partial charge on any atom is 0.508 e. The summed E-state index contributed by atoms with van der Waals surface area (Å²) in [5, 5.41) is 14.0. The Morgan fingerprint density at radius 2 is 2.08 bits per heavy atom. The van der Waals surface area contributed by atoms with Gasteiger partial charge < -0.3 is 19.5 Å². The number of thiophene rings is 1. The van der Waals surface area contributed by atoms with Crippen LogP contribution in [0.15, 0.2) is 29.3 Å². The van der Waals surface area contributed by atoms with E-state index in [-0.39, 0.29) is 25.0 Å². The van der Waals surface area contributed by atoms with Gasteiger partial charge in [-0.1, -0.05) is 26.0 Å². The van der Waals surface area contributed by atoms with E-state index in [1.165, 1.54) is 23.1 Å². The molecular weight excluding hydrogens is 510 g/mol. The van der Waals surface area contributed by atoms with Gasteiger partial charge in [0, 0.05) is 18.3 Å². The monoisotopic (exact) mass is 545 g/mol. The fourth-order valence-corrected chi connectivity index (χ4v) is 5.53. The van der Waals surface area contributed by atoms with Crippen LogP contribution in [0.2, 0.25) is 0 Å². The number of fused-ring (bicyclic) bond motifs is 1. The van der Waals surface area contributed by atoms with Crippen molar-refractivity contribution in [3.63, 3.8) is 0 Å². The second-order valence-electron chi connectivity index (χ2n) is 8.00. The Morgan fingerprint density at radius 3 is 2.76 bits per heavy atom. The Balaban J connectivity index is 0.00000235. The molecule has 1 unspecified atom stereocenters. The lowest BCUT2D eigenvalue weighted by Gasteiger charge is -2.21.